The van der Waals surface area contributed by atoms with E-state index in [4.69, 9.17) is 9.26 Å². The standard InChI is InChI=1S/C15H17N3O3S/c19-13(10-9-20-10)17-15(6-2-1-3-7-15)14-16-12(18-21-14)11-5-4-8-22-11/h4-5,8,10H,1-3,6-7,9H2,(H,17,19). The van der Waals surface area contributed by atoms with Crippen LogP contribution in [0.1, 0.15) is 38.0 Å². The maximum absolute atomic E-state index is 12.2. The van der Waals surface area contributed by atoms with Crippen LogP contribution in [0.5, 0.6) is 0 Å². The molecule has 0 spiro atoms. The number of hydrogen-bond donors (Lipinski definition) is 1. The number of ether oxygens (including phenoxy) is 1. The van der Waals surface area contributed by atoms with Gasteiger partial charge in [0.05, 0.1) is 11.5 Å². The lowest BCUT2D eigenvalue weighted by Gasteiger charge is -2.34. The second-order valence-electron chi connectivity index (χ2n) is 5.85. The highest BCUT2D eigenvalue weighted by atomic mass is 32.1. The zero-order valence-electron chi connectivity index (χ0n) is 12.1. The third kappa shape index (κ3) is 2.55. The van der Waals surface area contributed by atoms with Crippen molar-refractivity contribution in [2.45, 2.75) is 43.7 Å². The third-order valence-electron chi connectivity index (χ3n) is 4.27. The fraction of sp³-hybridized carbons (Fsp3) is 0.533. The molecule has 1 N–H and O–H groups in total. The van der Waals surface area contributed by atoms with E-state index in [0.29, 0.717) is 18.3 Å². The Bertz CT molecular complexity index is 657. The summed E-state index contributed by atoms with van der Waals surface area (Å²) in [5, 5.41) is 9.18. The van der Waals surface area contributed by atoms with Crippen LogP contribution in [0.4, 0.5) is 0 Å². The first-order valence-corrected chi connectivity index (χ1v) is 8.46. The smallest absolute Gasteiger partial charge is 0.252 e. The van der Waals surface area contributed by atoms with Gasteiger partial charge in [-0.05, 0) is 24.3 Å². The molecule has 0 aromatic carbocycles. The van der Waals surface area contributed by atoms with Gasteiger partial charge < -0.3 is 14.6 Å². The summed E-state index contributed by atoms with van der Waals surface area (Å²) in [6.07, 6.45) is 4.61. The van der Waals surface area contributed by atoms with Crippen LogP contribution < -0.4 is 5.32 Å². The monoisotopic (exact) mass is 319 g/mol. The molecule has 7 heteroatoms. The third-order valence-corrected chi connectivity index (χ3v) is 5.14. The summed E-state index contributed by atoms with van der Waals surface area (Å²) in [6.45, 7) is 0.506. The molecule has 2 aromatic heterocycles. The number of nitrogens with zero attached hydrogens (tertiary/aromatic N) is 2. The Morgan fingerprint density at radius 3 is 2.86 bits per heavy atom. The zero-order chi connectivity index (χ0) is 15.0. The molecule has 1 aliphatic carbocycles. The minimum absolute atomic E-state index is 0.0715. The molecule has 2 aliphatic rings. The summed E-state index contributed by atoms with van der Waals surface area (Å²) >= 11 is 1.57. The first-order chi connectivity index (χ1) is 10.8. The molecule has 116 valence electrons. The number of aromatic nitrogens is 2. The van der Waals surface area contributed by atoms with Crippen LogP contribution in [0.15, 0.2) is 22.0 Å². The molecule has 22 heavy (non-hydrogen) atoms. The molecule has 1 amide bonds. The largest absolute Gasteiger partial charge is 0.363 e. The van der Waals surface area contributed by atoms with Gasteiger partial charge >= 0.3 is 0 Å². The van der Waals surface area contributed by atoms with Crippen molar-refractivity contribution in [3.63, 3.8) is 0 Å². The minimum Gasteiger partial charge on any atom is -0.363 e. The molecule has 4 rings (SSSR count). The predicted molar refractivity (Wildman–Crippen MR) is 80.3 cm³/mol. The van der Waals surface area contributed by atoms with E-state index in [-0.39, 0.29) is 12.0 Å². The fourth-order valence-electron chi connectivity index (χ4n) is 2.99. The Morgan fingerprint density at radius 2 is 2.18 bits per heavy atom. The van der Waals surface area contributed by atoms with Crippen LogP contribution in [0, 0.1) is 0 Å². The highest BCUT2D eigenvalue weighted by molar-refractivity contribution is 7.13. The second kappa shape index (κ2) is 5.48. The van der Waals surface area contributed by atoms with Crippen molar-refractivity contribution < 1.29 is 14.1 Å². The van der Waals surface area contributed by atoms with E-state index in [2.05, 4.69) is 15.5 Å². The van der Waals surface area contributed by atoms with Crippen LogP contribution in [-0.2, 0) is 15.1 Å². The molecule has 1 saturated heterocycles. The highest BCUT2D eigenvalue weighted by Gasteiger charge is 2.44. The number of thiophene rings is 1. The normalized spacial score (nSPS) is 23.2. The molecule has 0 radical (unpaired) electrons. The van der Waals surface area contributed by atoms with Crippen LogP contribution >= 0.6 is 11.3 Å². The van der Waals surface area contributed by atoms with Gasteiger partial charge in [0.15, 0.2) is 6.10 Å². The van der Waals surface area contributed by atoms with Gasteiger partial charge in [-0.1, -0.05) is 30.5 Å². The number of amides is 1. The van der Waals surface area contributed by atoms with E-state index in [1.807, 2.05) is 17.5 Å². The minimum atomic E-state index is -0.538. The van der Waals surface area contributed by atoms with E-state index in [0.717, 1.165) is 30.6 Å². The van der Waals surface area contributed by atoms with E-state index < -0.39 is 5.54 Å². The molecule has 6 nitrogen and oxygen atoms in total. The van der Waals surface area contributed by atoms with Crippen LogP contribution in [0.25, 0.3) is 10.7 Å². The van der Waals surface area contributed by atoms with Crippen LogP contribution in [0.3, 0.4) is 0 Å². The lowest BCUT2D eigenvalue weighted by molar-refractivity contribution is -0.125. The topological polar surface area (TPSA) is 80.6 Å². The molecule has 2 fully saturated rings. The Morgan fingerprint density at radius 1 is 1.36 bits per heavy atom. The van der Waals surface area contributed by atoms with Gasteiger partial charge in [-0.2, -0.15) is 4.98 Å². The summed E-state index contributed by atoms with van der Waals surface area (Å²) in [5.74, 6) is 1.04. The van der Waals surface area contributed by atoms with Gasteiger partial charge in [-0.15, -0.1) is 11.3 Å². The van der Waals surface area contributed by atoms with Gasteiger partial charge in [0, 0.05) is 0 Å². The van der Waals surface area contributed by atoms with E-state index >= 15 is 0 Å². The molecule has 0 bridgehead atoms. The number of hydrogen-bond acceptors (Lipinski definition) is 6. The van der Waals surface area contributed by atoms with Crippen molar-refractivity contribution in [1.82, 2.24) is 15.5 Å². The van der Waals surface area contributed by atoms with Gasteiger partial charge in [0.2, 0.25) is 5.82 Å². The van der Waals surface area contributed by atoms with E-state index in [1.165, 1.54) is 6.42 Å². The average molecular weight is 319 g/mol. The SMILES string of the molecule is O=C(NC1(c2nc(-c3cccs3)no2)CCCCC1)C1CO1. The van der Waals surface area contributed by atoms with E-state index in [1.54, 1.807) is 11.3 Å². The fourth-order valence-corrected chi connectivity index (χ4v) is 3.64. The number of epoxide rings is 1. The molecule has 1 saturated carbocycles. The van der Waals surface area contributed by atoms with Gasteiger partial charge in [0.25, 0.3) is 11.8 Å². The lowest BCUT2D eigenvalue weighted by Crippen LogP contribution is -2.49. The molecule has 1 unspecified atom stereocenters. The van der Waals surface area contributed by atoms with Crippen molar-refractivity contribution in [3.05, 3.63) is 23.4 Å². The number of nitrogens with one attached hydrogen (secondary N) is 1. The van der Waals surface area contributed by atoms with Crippen molar-refractivity contribution in [3.8, 4) is 10.7 Å². The van der Waals surface area contributed by atoms with Crippen LogP contribution in [-0.4, -0.2) is 28.8 Å². The Kier molecular flexibility index (Phi) is 3.46. The predicted octanol–water partition coefficient (Wildman–Crippen LogP) is 2.47. The van der Waals surface area contributed by atoms with E-state index in [9.17, 15) is 4.79 Å². The van der Waals surface area contributed by atoms with Crippen LogP contribution in [0.2, 0.25) is 0 Å². The van der Waals surface area contributed by atoms with Crippen molar-refractivity contribution in [1.29, 1.82) is 0 Å². The van der Waals surface area contributed by atoms with Gasteiger partial charge in [-0.3, -0.25) is 4.79 Å². The average Bonchev–Trinajstić information content (AvgIpc) is 3.03. The van der Waals surface area contributed by atoms with Crippen molar-refractivity contribution in [2.75, 3.05) is 6.61 Å². The Balaban J connectivity index is 1.63. The molecule has 1 atom stereocenters. The summed E-state index contributed by atoms with van der Waals surface area (Å²) in [7, 11) is 0. The Hall–Kier alpha value is -1.73. The molecular formula is C15H17N3O3S. The van der Waals surface area contributed by atoms with Gasteiger partial charge in [-0.25, -0.2) is 0 Å². The van der Waals surface area contributed by atoms with Crippen molar-refractivity contribution >= 4 is 17.2 Å². The number of rotatable bonds is 4. The first kappa shape index (κ1) is 13.9. The Labute approximate surface area is 131 Å². The van der Waals surface area contributed by atoms with Crippen molar-refractivity contribution in [2.24, 2.45) is 0 Å². The second-order valence-corrected chi connectivity index (χ2v) is 6.80. The quantitative estimate of drug-likeness (QED) is 0.876. The van der Waals surface area contributed by atoms with Gasteiger partial charge in [0.1, 0.15) is 5.54 Å². The zero-order valence-corrected chi connectivity index (χ0v) is 12.9. The number of carbonyl (C=O) groups excluding carboxylic acids is 1. The summed E-state index contributed by atoms with van der Waals surface area (Å²) in [5.41, 5.74) is -0.538. The lowest BCUT2D eigenvalue weighted by atomic mass is 9.81. The summed E-state index contributed by atoms with van der Waals surface area (Å²) in [4.78, 5) is 17.7. The highest BCUT2D eigenvalue weighted by Crippen LogP contribution is 2.37. The summed E-state index contributed by atoms with van der Waals surface area (Å²) < 4.78 is 10.6. The maximum Gasteiger partial charge on any atom is 0.252 e. The molecule has 1 aliphatic heterocycles. The summed E-state index contributed by atoms with van der Waals surface area (Å²) in [6, 6.07) is 3.92. The first-order valence-electron chi connectivity index (χ1n) is 7.59. The number of carbonyl (C=O) groups is 1. The maximum atomic E-state index is 12.2. The molecule has 3 heterocycles. The molecular weight excluding hydrogens is 302 g/mol. The molecule has 2 aromatic rings.